The van der Waals surface area contributed by atoms with Gasteiger partial charge in [0.15, 0.2) is 5.82 Å². The molecule has 0 amide bonds. The molecule has 1 N–H and O–H groups in total. The molecule has 2 fully saturated rings. The van der Waals surface area contributed by atoms with Crippen LogP contribution in [0.1, 0.15) is 57.2 Å². The number of nitrogens with zero attached hydrogens (tertiary/aromatic N) is 3. The molecule has 0 aromatic carbocycles. The minimum Gasteiger partial charge on any atom is -0.339 e. The second-order valence-electron chi connectivity index (χ2n) is 6.70. The normalized spacial score (nSPS) is 23.1. The highest BCUT2D eigenvalue weighted by Crippen LogP contribution is 2.38. The van der Waals surface area contributed by atoms with Gasteiger partial charge in [-0.3, -0.25) is 4.90 Å². The van der Waals surface area contributed by atoms with E-state index in [0.717, 1.165) is 37.9 Å². The summed E-state index contributed by atoms with van der Waals surface area (Å²) in [5.74, 6) is 2.91. The van der Waals surface area contributed by atoms with Crippen LogP contribution in [0.25, 0.3) is 0 Å². The van der Waals surface area contributed by atoms with Gasteiger partial charge < -0.3 is 9.84 Å². The van der Waals surface area contributed by atoms with E-state index in [1.54, 1.807) is 0 Å². The largest absolute Gasteiger partial charge is 0.339 e. The molecule has 0 bridgehead atoms. The van der Waals surface area contributed by atoms with E-state index in [1.165, 1.54) is 25.7 Å². The first-order valence-electron chi connectivity index (χ1n) is 7.99. The van der Waals surface area contributed by atoms with Crippen molar-refractivity contribution in [1.29, 1.82) is 0 Å². The maximum absolute atomic E-state index is 5.36. The summed E-state index contributed by atoms with van der Waals surface area (Å²) in [6.45, 7) is 8.68. The van der Waals surface area contributed by atoms with Crippen molar-refractivity contribution in [3.63, 3.8) is 0 Å². The summed E-state index contributed by atoms with van der Waals surface area (Å²) in [5.41, 5.74) is 0. The third-order valence-electron chi connectivity index (χ3n) is 4.04. The first-order chi connectivity index (χ1) is 9.70. The maximum atomic E-state index is 5.36. The van der Waals surface area contributed by atoms with Gasteiger partial charge in [0, 0.05) is 25.0 Å². The van der Waals surface area contributed by atoms with Crippen LogP contribution in [0.4, 0.5) is 0 Å². The number of hydrogen-bond donors (Lipinski definition) is 1. The fourth-order valence-corrected chi connectivity index (χ4v) is 2.97. The quantitative estimate of drug-likeness (QED) is 0.828. The van der Waals surface area contributed by atoms with Crippen LogP contribution in [0.2, 0.25) is 0 Å². The Morgan fingerprint density at radius 2 is 2.20 bits per heavy atom. The molecule has 2 heterocycles. The van der Waals surface area contributed by atoms with E-state index < -0.39 is 0 Å². The summed E-state index contributed by atoms with van der Waals surface area (Å²) in [6.07, 6.45) is 5.01. The minimum absolute atomic E-state index is 0.547. The SMILES string of the molecule is CC(C)CN(Cc1noc(C2CC2)n1)CC1CCCN1. The molecule has 0 radical (unpaired) electrons. The fraction of sp³-hybridized carbons (Fsp3) is 0.867. The topological polar surface area (TPSA) is 54.2 Å². The third kappa shape index (κ3) is 3.79. The van der Waals surface area contributed by atoms with Crippen LogP contribution in [0.15, 0.2) is 4.52 Å². The monoisotopic (exact) mass is 278 g/mol. The first kappa shape index (κ1) is 14.0. The van der Waals surface area contributed by atoms with Crippen LogP contribution in [0.5, 0.6) is 0 Å². The molecule has 20 heavy (non-hydrogen) atoms. The van der Waals surface area contributed by atoms with Crippen molar-refractivity contribution in [2.24, 2.45) is 5.92 Å². The van der Waals surface area contributed by atoms with Crippen LogP contribution in [0.3, 0.4) is 0 Å². The lowest BCUT2D eigenvalue weighted by molar-refractivity contribution is 0.208. The molecule has 5 nitrogen and oxygen atoms in total. The van der Waals surface area contributed by atoms with Gasteiger partial charge in [-0.2, -0.15) is 4.98 Å². The predicted octanol–water partition coefficient (Wildman–Crippen LogP) is 2.16. The molecule has 112 valence electrons. The Balaban J connectivity index is 1.58. The predicted molar refractivity (Wildman–Crippen MR) is 77.4 cm³/mol. The second-order valence-corrected chi connectivity index (χ2v) is 6.70. The maximum Gasteiger partial charge on any atom is 0.229 e. The Morgan fingerprint density at radius 3 is 2.85 bits per heavy atom. The Kier molecular flexibility index (Phi) is 4.36. The van der Waals surface area contributed by atoms with E-state index in [-0.39, 0.29) is 0 Å². The molecule has 1 aromatic rings. The molecule has 1 saturated carbocycles. The highest BCUT2D eigenvalue weighted by Gasteiger charge is 2.30. The van der Waals surface area contributed by atoms with Crippen molar-refractivity contribution in [2.45, 2.75) is 58.0 Å². The molecule has 1 aromatic heterocycles. The lowest BCUT2D eigenvalue weighted by Gasteiger charge is -2.25. The van der Waals surface area contributed by atoms with Gasteiger partial charge >= 0.3 is 0 Å². The first-order valence-corrected chi connectivity index (χ1v) is 7.99. The fourth-order valence-electron chi connectivity index (χ4n) is 2.97. The molecule has 1 saturated heterocycles. The molecule has 2 aliphatic rings. The van der Waals surface area contributed by atoms with Crippen molar-refractivity contribution >= 4 is 0 Å². The van der Waals surface area contributed by atoms with E-state index in [9.17, 15) is 0 Å². The van der Waals surface area contributed by atoms with Crippen LogP contribution in [0, 0.1) is 5.92 Å². The molecule has 1 unspecified atom stereocenters. The third-order valence-corrected chi connectivity index (χ3v) is 4.04. The Hall–Kier alpha value is -0.940. The van der Waals surface area contributed by atoms with E-state index in [0.29, 0.717) is 17.9 Å². The summed E-state index contributed by atoms with van der Waals surface area (Å²) < 4.78 is 5.36. The van der Waals surface area contributed by atoms with Gasteiger partial charge in [0.1, 0.15) is 0 Å². The summed E-state index contributed by atoms with van der Waals surface area (Å²) in [4.78, 5) is 7.02. The Bertz CT molecular complexity index is 421. The zero-order valence-electron chi connectivity index (χ0n) is 12.6. The average Bonchev–Trinajstić information content (AvgIpc) is 2.93. The Labute approximate surface area is 121 Å². The zero-order valence-corrected chi connectivity index (χ0v) is 12.6. The van der Waals surface area contributed by atoms with Crippen molar-refractivity contribution in [2.75, 3.05) is 19.6 Å². The van der Waals surface area contributed by atoms with Crippen LogP contribution < -0.4 is 5.32 Å². The number of nitrogens with one attached hydrogen (secondary N) is 1. The molecule has 1 aliphatic carbocycles. The van der Waals surface area contributed by atoms with E-state index in [2.05, 4.69) is 34.2 Å². The van der Waals surface area contributed by atoms with Crippen molar-refractivity contribution < 1.29 is 4.52 Å². The molecule has 3 rings (SSSR count). The average molecular weight is 278 g/mol. The smallest absolute Gasteiger partial charge is 0.229 e. The lowest BCUT2D eigenvalue weighted by Crippen LogP contribution is -2.39. The molecule has 1 atom stereocenters. The van der Waals surface area contributed by atoms with Crippen molar-refractivity contribution in [3.8, 4) is 0 Å². The summed E-state index contributed by atoms with van der Waals surface area (Å²) in [6, 6.07) is 0.628. The van der Waals surface area contributed by atoms with Crippen molar-refractivity contribution in [1.82, 2.24) is 20.4 Å². The number of hydrogen-bond acceptors (Lipinski definition) is 5. The molecular formula is C15H26N4O. The highest BCUT2D eigenvalue weighted by molar-refractivity contribution is 5.01. The van der Waals surface area contributed by atoms with E-state index in [4.69, 9.17) is 4.52 Å². The minimum atomic E-state index is 0.547. The highest BCUT2D eigenvalue weighted by atomic mass is 16.5. The van der Waals surface area contributed by atoms with Crippen LogP contribution in [-0.2, 0) is 6.54 Å². The lowest BCUT2D eigenvalue weighted by atomic mass is 10.1. The van der Waals surface area contributed by atoms with Gasteiger partial charge in [0.05, 0.1) is 6.54 Å². The molecular weight excluding hydrogens is 252 g/mol. The summed E-state index contributed by atoms with van der Waals surface area (Å²) in [7, 11) is 0. The van der Waals surface area contributed by atoms with Gasteiger partial charge in [-0.05, 0) is 38.1 Å². The van der Waals surface area contributed by atoms with E-state index in [1.807, 2.05) is 0 Å². The van der Waals surface area contributed by atoms with Crippen molar-refractivity contribution in [3.05, 3.63) is 11.7 Å². The molecule has 1 aliphatic heterocycles. The Morgan fingerprint density at radius 1 is 1.35 bits per heavy atom. The van der Waals surface area contributed by atoms with Gasteiger partial charge in [-0.1, -0.05) is 19.0 Å². The molecule has 5 heteroatoms. The van der Waals surface area contributed by atoms with Crippen LogP contribution >= 0.6 is 0 Å². The van der Waals surface area contributed by atoms with Gasteiger partial charge in [-0.25, -0.2) is 0 Å². The number of aromatic nitrogens is 2. The standard InChI is InChI=1S/C15H26N4O/c1-11(2)8-19(9-13-4-3-7-16-13)10-14-17-15(20-18-14)12-5-6-12/h11-13,16H,3-10H2,1-2H3. The van der Waals surface area contributed by atoms with Gasteiger partial charge in [-0.15, -0.1) is 0 Å². The molecule has 0 spiro atoms. The summed E-state index contributed by atoms with van der Waals surface area (Å²) >= 11 is 0. The second kappa shape index (κ2) is 6.22. The number of rotatable bonds is 7. The van der Waals surface area contributed by atoms with Gasteiger partial charge in [0.2, 0.25) is 5.89 Å². The zero-order chi connectivity index (χ0) is 13.9. The summed E-state index contributed by atoms with van der Waals surface area (Å²) in [5, 5.41) is 7.72. The van der Waals surface area contributed by atoms with E-state index >= 15 is 0 Å². The van der Waals surface area contributed by atoms with Gasteiger partial charge in [0.25, 0.3) is 0 Å². The van der Waals surface area contributed by atoms with Crippen LogP contribution in [-0.4, -0.2) is 40.7 Å².